The summed E-state index contributed by atoms with van der Waals surface area (Å²) >= 11 is 0. The van der Waals surface area contributed by atoms with Gasteiger partial charge in [-0.15, -0.1) is 0 Å². The molecule has 1 aromatic carbocycles. The van der Waals surface area contributed by atoms with Crippen LogP contribution >= 0.6 is 0 Å². The van der Waals surface area contributed by atoms with Gasteiger partial charge in [0.1, 0.15) is 6.04 Å². The van der Waals surface area contributed by atoms with E-state index < -0.39 is 0 Å². The SMILES string of the molecule is CC(C)CNC(=O)C(C)Nc1cccc(N)c1. The van der Waals surface area contributed by atoms with Crippen molar-refractivity contribution in [2.24, 2.45) is 5.92 Å². The molecule has 0 bridgehead atoms. The number of hydrogen-bond acceptors (Lipinski definition) is 3. The Labute approximate surface area is 103 Å². The van der Waals surface area contributed by atoms with Crippen LogP contribution in [0.25, 0.3) is 0 Å². The van der Waals surface area contributed by atoms with Gasteiger partial charge in [-0.25, -0.2) is 0 Å². The van der Waals surface area contributed by atoms with E-state index in [9.17, 15) is 4.79 Å². The Balaban J connectivity index is 2.48. The standard InChI is InChI=1S/C13H21N3O/c1-9(2)8-15-13(17)10(3)16-12-6-4-5-11(14)7-12/h4-7,9-10,16H,8,14H2,1-3H3,(H,15,17). The van der Waals surface area contributed by atoms with Crippen molar-refractivity contribution < 1.29 is 4.79 Å². The molecule has 17 heavy (non-hydrogen) atoms. The van der Waals surface area contributed by atoms with Gasteiger partial charge in [0.05, 0.1) is 0 Å². The van der Waals surface area contributed by atoms with Gasteiger partial charge in [0.15, 0.2) is 0 Å². The fourth-order valence-electron chi connectivity index (χ4n) is 1.40. The molecule has 4 N–H and O–H groups in total. The van der Waals surface area contributed by atoms with Crippen LogP contribution in [0.5, 0.6) is 0 Å². The van der Waals surface area contributed by atoms with Crippen LogP contribution in [0.1, 0.15) is 20.8 Å². The van der Waals surface area contributed by atoms with Gasteiger partial charge in [-0.2, -0.15) is 0 Å². The van der Waals surface area contributed by atoms with Crippen molar-refractivity contribution >= 4 is 17.3 Å². The van der Waals surface area contributed by atoms with Crippen molar-refractivity contribution in [1.29, 1.82) is 0 Å². The smallest absolute Gasteiger partial charge is 0.242 e. The summed E-state index contributed by atoms with van der Waals surface area (Å²) in [4.78, 5) is 11.7. The summed E-state index contributed by atoms with van der Waals surface area (Å²) in [6, 6.07) is 7.11. The first-order chi connectivity index (χ1) is 7.99. The van der Waals surface area contributed by atoms with Crippen LogP contribution < -0.4 is 16.4 Å². The van der Waals surface area contributed by atoms with Gasteiger partial charge in [-0.05, 0) is 31.0 Å². The molecule has 0 spiro atoms. The molecule has 0 fully saturated rings. The number of benzene rings is 1. The second-order valence-corrected chi connectivity index (χ2v) is 4.63. The summed E-state index contributed by atoms with van der Waals surface area (Å²) in [5, 5.41) is 6.00. The van der Waals surface area contributed by atoms with E-state index in [2.05, 4.69) is 24.5 Å². The minimum atomic E-state index is -0.268. The van der Waals surface area contributed by atoms with E-state index in [0.29, 0.717) is 18.2 Å². The van der Waals surface area contributed by atoms with Crippen molar-refractivity contribution in [1.82, 2.24) is 5.32 Å². The van der Waals surface area contributed by atoms with E-state index >= 15 is 0 Å². The zero-order valence-electron chi connectivity index (χ0n) is 10.7. The van der Waals surface area contributed by atoms with Gasteiger partial charge >= 0.3 is 0 Å². The van der Waals surface area contributed by atoms with E-state index in [1.54, 1.807) is 0 Å². The summed E-state index contributed by atoms with van der Waals surface area (Å²) < 4.78 is 0. The average molecular weight is 235 g/mol. The largest absolute Gasteiger partial charge is 0.399 e. The maximum atomic E-state index is 11.7. The number of nitrogens with one attached hydrogen (secondary N) is 2. The monoisotopic (exact) mass is 235 g/mol. The lowest BCUT2D eigenvalue weighted by Gasteiger charge is -2.16. The fraction of sp³-hybridized carbons (Fsp3) is 0.462. The molecule has 0 saturated carbocycles. The molecule has 1 amide bonds. The van der Waals surface area contributed by atoms with E-state index in [1.807, 2.05) is 31.2 Å². The molecular weight excluding hydrogens is 214 g/mol. The Morgan fingerprint density at radius 1 is 1.35 bits per heavy atom. The third kappa shape index (κ3) is 4.76. The molecule has 0 aliphatic rings. The van der Waals surface area contributed by atoms with E-state index in [4.69, 9.17) is 5.73 Å². The third-order valence-electron chi connectivity index (χ3n) is 2.35. The first-order valence-electron chi connectivity index (χ1n) is 5.89. The predicted molar refractivity (Wildman–Crippen MR) is 71.8 cm³/mol. The van der Waals surface area contributed by atoms with Crippen molar-refractivity contribution in [3.05, 3.63) is 24.3 Å². The van der Waals surface area contributed by atoms with Gasteiger partial charge in [0.2, 0.25) is 5.91 Å². The summed E-state index contributed by atoms with van der Waals surface area (Å²) in [6.45, 7) is 6.66. The van der Waals surface area contributed by atoms with Crippen LogP contribution in [0.4, 0.5) is 11.4 Å². The fourth-order valence-corrected chi connectivity index (χ4v) is 1.40. The van der Waals surface area contributed by atoms with Crippen LogP contribution in [0.3, 0.4) is 0 Å². The minimum absolute atomic E-state index is 0.00104. The Hall–Kier alpha value is -1.71. The zero-order valence-corrected chi connectivity index (χ0v) is 10.7. The zero-order chi connectivity index (χ0) is 12.8. The number of nitrogens with two attached hydrogens (primary N) is 1. The van der Waals surface area contributed by atoms with Gasteiger partial charge in [-0.3, -0.25) is 4.79 Å². The lowest BCUT2D eigenvalue weighted by atomic mass is 10.2. The van der Waals surface area contributed by atoms with Crippen molar-refractivity contribution in [3.63, 3.8) is 0 Å². The molecule has 1 aromatic rings. The lowest BCUT2D eigenvalue weighted by Crippen LogP contribution is -2.39. The molecule has 1 rings (SSSR count). The first-order valence-corrected chi connectivity index (χ1v) is 5.89. The molecular formula is C13H21N3O. The molecule has 0 radical (unpaired) electrons. The molecule has 94 valence electrons. The van der Waals surface area contributed by atoms with E-state index in [-0.39, 0.29) is 11.9 Å². The van der Waals surface area contributed by atoms with Crippen LogP contribution in [0.15, 0.2) is 24.3 Å². The molecule has 0 aliphatic carbocycles. The van der Waals surface area contributed by atoms with Gasteiger partial charge in [-0.1, -0.05) is 19.9 Å². The Morgan fingerprint density at radius 2 is 2.06 bits per heavy atom. The van der Waals surface area contributed by atoms with Gasteiger partial charge in [0.25, 0.3) is 0 Å². The summed E-state index contributed by atoms with van der Waals surface area (Å²) in [5.41, 5.74) is 7.21. The molecule has 1 atom stereocenters. The molecule has 0 saturated heterocycles. The van der Waals surface area contributed by atoms with Gasteiger partial charge < -0.3 is 16.4 Å². The lowest BCUT2D eigenvalue weighted by molar-refractivity contribution is -0.121. The molecule has 0 heterocycles. The molecule has 0 aromatic heterocycles. The number of carbonyl (C=O) groups is 1. The van der Waals surface area contributed by atoms with E-state index in [0.717, 1.165) is 5.69 Å². The van der Waals surface area contributed by atoms with Crippen LogP contribution in [-0.4, -0.2) is 18.5 Å². The van der Waals surface area contributed by atoms with Crippen LogP contribution in [-0.2, 0) is 4.79 Å². The molecule has 1 unspecified atom stereocenters. The van der Waals surface area contributed by atoms with E-state index in [1.165, 1.54) is 0 Å². The number of rotatable bonds is 5. The van der Waals surface area contributed by atoms with Crippen LogP contribution in [0, 0.1) is 5.92 Å². The maximum Gasteiger partial charge on any atom is 0.242 e. The highest BCUT2D eigenvalue weighted by Crippen LogP contribution is 2.12. The number of carbonyl (C=O) groups excluding carboxylic acids is 1. The normalized spacial score (nSPS) is 12.2. The third-order valence-corrected chi connectivity index (χ3v) is 2.35. The highest BCUT2D eigenvalue weighted by atomic mass is 16.2. The summed E-state index contributed by atoms with van der Waals surface area (Å²) in [7, 11) is 0. The molecule has 0 aliphatic heterocycles. The Bertz CT molecular complexity index is 377. The highest BCUT2D eigenvalue weighted by molar-refractivity contribution is 5.84. The summed E-state index contributed by atoms with van der Waals surface area (Å²) in [6.07, 6.45) is 0. The van der Waals surface area contributed by atoms with Crippen molar-refractivity contribution in [3.8, 4) is 0 Å². The highest BCUT2D eigenvalue weighted by Gasteiger charge is 2.12. The quantitative estimate of drug-likeness (QED) is 0.682. The van der Waals surface area contributed by atoms with Crippen molar-refractivity contribution in [2.45, 2.75) is 26.8 Å². The topological polar surface area (TPSA) is 67.2 Å². The number of anilines is 2. The van der Waals surface area contributed by atoms with Crippen molar-refractivity contribution in [2.75, 3.05) is 17.6 Å². The number of nitrogen functional groups attached to an aromatic ring is 1. The maximum absolute atomic E-state index is 11.7. The first kappa shape index (κ1) is 13.4. The second kappa shape index (κ2) is 6.13. The summed E-state index contributed by atoms with van der Waals surface area (Å²) in [5.74, 6) is 0.458. The van der Waals surface area contributed by atoms with Gasteiger partial charge in [0, 0.05) is 17.9 Å². The average Bonchev–Trinajstić information content (AvgIpc) is 2.25. The predicted octanol–water partition coefficient (Wildman–Crippen LogP) is 1.84. The second-order valence-electron chi connectivity index (χ2n) is 4.63. The Morgan fingerprint density at radius 3 is 2.65 bits per heavy atom. The minimum Gasteiger partial charge on any atom is -0.399 e. The number of amides is 1. The van der Waals surface area contributed by atoms with Crippen LogP contribution in [0.2, 0.25) is 0 Å². The molecule has 4 nitrogen and oxygen atoms in total. The molecule has 4 heteroatoms. The number of hydrogen-bond donors (Lipinski definition) is 3. The Kier molecular flexibility index (Phi) is 4.82.